The van der Waals surface area contributed by atoms with Crippen molar-refractivity contribution in [3.05, 3.63) is 23.3 Å². The average Bonchev–Trinajstić information content (AvgIpc) is 1.98. The van der Waals surface area contributed by atoms with E-state index in [1.807, 2.05) is 0 Å². The maximum Gasteiger partial charge on any atom is 0.294 e. The Morgan fingerprint density at radius 2 is 1.77 bits per heavy atom. The standard InChI is InChI=1S/C8H10O4S/c1-5-3-4-7(13(10,11)12)6(2)8(5)9/h3-4,9H,1-2H3,(H,10,11,12). The van der Waals surface area contributed by atoms with E-state index >= 15 is 0 Å². The Morgan fingerprint density at radius 3 is 2.23 bits per heavy atom. The van der Waals surface area contributed by atoms with Crippen molar-refractivity contribution in [1.29, 1.82) is 0 Å². The molecule has 0 spiro atoms. The van der Waals surface area contributed by atoms with Crippen molar-refractivity contribution in [3.63, 3.8) is 0 Å². The maximum atomic E-state index is 10.8. The Hall–Kier alpha value is -1.07. The first kappa shape index (κ1) is 10.0. The SMILES string of the molecule is Cc1ccc(S(=O)(=O)O)c(C)c1O. The summed E-state index contributed by atoms with van der Waals surface area (Å²) in [4.78, 5) is -0.254. The molecule has 0 aliphatic rings. The quantitative estimate of drug-likeness (QED) is 0.672. The predicted octanol–water partition coefficient (Wildman–Crippen LogP) is 1.26. The molecule has 1 rings (SSSR count). The van der Waals surface area contributed by atoms with Gasteiger partial charge in [-0.3, -0.25) is 4.55 Å². The fourth-order valence-electron chi connectivity index (χ4n) is 1.10. The summed E-state index contributed by atoms with van der Waals surface area (Å²) in [6.07, 6.45) is 0. The van der Waals surface area contributed by atoms with Crippen molar-refractivity contribution in [1.82, 2.24) is 0 Å². The number of hydrogen-bond donors (Lipinski definition) is 2. The molecule has 0 aliphatic heterocycles. The van der Waals surface area contributed by atoms with Gasteiger partial charge in [0, 0.05) is 5.56 Å². The van der Waals surface area contributed by atoms with Crippen LogP contribution in [0.15, 0.2) is 17.0 Å². The minimum Gasteiger partial charge on any atom is -0.507 e. The first-order valence-corrected chi connectivity index (χ1v) is 5.04. The Labute approximate surface area is 76.6 Å². The average molecular weight is 202 g/mol. The predicted molar refractivity (Wildman–Crippen MR) is 47.4 cm³/mol. The molecule has 0 radical (unpaired) electrons. The molecule has 0 amide bonds. The molecule has 4 nitrogen and oxygen atoms in total. The van der Waals surface area contributed by atoms with E-state index in [0.717, 1.165) is 0 Å². The summed E-state index contributed by atoms with van der Waals surface area (Å²) in [5.74, 6) is -0.102. The van der Waals surface area contributed by atoms with Gasteiger partial charge in [0.15, 0.2) is 0 Å². The first-order chi connectivity index (χ1) is 5.84. The number of rotatable bonds is 1. The van der Waals surface area contributed by atoms with E-state index in [-0.39, 0.29) is 16.2 Å². The van der Waals surface area contributed by atoms with Gasteiger partial charge in [-0.25, -0.2) is 0 Å². The monoisotopic (exact) mass is 202 g/mol. The molecular formula is C8H10O4S. The van der Waals surface area contributed by atoms with E-state index in [1.54, 1.807) is 6.92 Å². The van der Waals surface area contributed by atoms with E-state index in [1.165, 1.54) is 19.1 Å². The Bertz CT molecular complexity index is 434. The lowest BCUT2D eigenvalue weighted by Crippen LogP contribution is -2.01. The molecule has 0 aromatic heterocycles. The third-order valence-corrected chi connectivity index (χ3v) is 2.86. The fourth-order valence-corrected chi connectivity index (χ4v) is 1.82. The molecule has 0 bridgehead atoms. The van der Waals surface area contributed by atoms with Crippen LogP contribution in [0.3, 0.4) is 0 Å². The van der Waals surface area contributed by atoms with Crippen LogP contribution < -0.4 is 0 Å². The largest absolute Gasteiger partial charge is 0.507 e. The number of phenolic OH excluding ortho intramolecular Hbond substituents is 1. The minimum atomic E-state index is -4.23. The third kappa shape index (κ3) is 1.81. The van der Waals surface area contributed by atoms with Gasteiger partial charge in [0.1, 0.15) is 10.6 Å². The molecule has 0 saturated heterocycles. The topological polar surface area (TPSA) is 74.6 Å². The molecule has 5 heteroatoms. The molecule has 0 fully saturated rings. The second-order valence-electron chi connectivity index (χ2n) is 2.83. The molecule has 0 unspecified atom stereocenters. The van der Waals surface area contributed by atoms with Crippen molar-refractivity contribution in [2.75, 3.05) is 0 Å². The highest BCUT2D eigenvalue weighted by Gasteiger charge is 2.16. The Morgan fingerprint density at radius 1 is 1.23 bits per heavy atom. The van der Waals surface area contributed by atoms with Crippen LogP contribution >= 0.6 is 0 Å². The van der Waals surface area contributed by atoms with Crippen LogP contribution in [0.2, 0.25) is 0 Å². The lowest BCUT2D eigenvalue weighted by atomic mass is 10.1. The van der Waals surface area contributed by atoms with Gasteiger partial charge in [-0.2, -0.15) is 8.42 Å². The normalized spacial score (nSPS) is 11.6. The van der Waals surface area contributed by atoms with Crippen LogP contribution in [-0.2, 0) is 10.1 Å². The van der Waals surface area contributed by atoms with E-state index in [2.05, 4.69) is 0 Å². The number of phenols is 1. The number of aryl methyl sites for hydroxylation is 1. The molecule has 0 heterocycles. The lowest BCUT2D eigenvalue weighted by Gasteiger charge is -2.06. The molecule has 13 heavy (non-hydrogen) atoms. The molecule has 0 saturated carbocycles. The van der Waals surface area contributed by atoms with E-state index in [4.69, 9.17) is 4.55 Å². The van der Waals surface area contributed by atoms with Gasteiger partial charge in [-0.1, -0.05) is 6.07 Å². The van der Waals surface area contributed by atoms with Crippen molar-refractivity contribution in [3.8, 4) is 5.75 Å². The molecule has 2 N–H and O–H groups in total. The van der Waals surface area contributed by atoms with Gasteiger partial charge < -0.3 is 5.11 Å². The summed E-state index contributed by atoms with van der Waals surface area (Å²) in [5.41, 5.74) is 0.743. The maximum absolute atomic E-state index is 10.8. The highest BCUT2D eigenvalue weighted by molar-refractivity contribution is 7.85. The van der Waals surface area contributed by atoms with Crippen LogP contribution in [0.4, 0.5) is 0 Å². The van der Waals surface area contributed by atoms with Gasteiger partial charge in [0.25, 0.3) is 10.1 Å². The molecule has 0 aliphatic carbocycles. The van der Waals surface area contributed by atoms with Crippen molar-refractivity contribution >= 4 is 10.1 Å². The van der Waals surface area contributed by atoms with Crippen LogP contribution in [0.25, 0.3) is 0 Å². The lowest BCUT2D eigenvalue weighted by molar-refractivity contribution is 0.458. The van der Waals surface area contributed by atoms with Crippen LogP contribution in [-0.4, -0.2) is 18.1 Å². The first-order valence-electron chi connectivity index (χ1n) is 3.60. The fraction of sp³-hybridized carbons (Fsp3) is 0.250. The summed E-state index contributed by atoms with van der Waals surface area (Å²) in [7, 11) is -4.23. The second kappa shape index (κ2) is 3.01. The summed E-state index contributed by atoms with van der Waals surface area (Å²) in [6.45, 7) is 3.08. The zero-order valence-electron chi connectivity index (χ0n) is 7.27. The van der Waals surface area contributed by atoms with Gasteiger partial charge in [0.05, 0.1) is 0 Å². The Kier molecular flexibility index (Phi) is 2.32. The van der Waals surface area contributed by atoms with Crippen molar-refractivity contribution in [2.45, 2.75) is 18.7 Å². The Balaban J connectivity index is 3.53. The van der Waals surface area contributed by atoms with E-state index in [0.29, 0.717) is 5.56 Å². The van der Waals surface area contributed by atoms with Gasteiger partial charge in [-0.05, 0) is 25.5 Å². The molecule has 1 aromatic carbocycles. The van der Waals surface area contributed by atoms with E-state index in [9.17, 15) is 13.5 Å². The number of benzene rings is 1. The van der Waals surface area contributed by atoms with Gasteiger partial charge >= 0.3 is 0 Å². The van der Waals surface area contributed by atoms with Crippen LogP contribution in [0.5, 0.6) is 5.75 Å². The molecule has 1 aromatic rings. The third-order valence-electron chi connectivity index (χ3n) is 1.86. The highest BCUT2D eigenvalue weighted by atomic mass is 32.2. The summed E-state index contributed by atoms with van der Waals surface area (Å²) < 4.78 is 30.3. The van der Waals surface area contributed by atoms with Crippen LogP contribution in [0, 0.1) is 13.8 Å². The second-order valence-corrected chi connectivity index (χ2v) is 4.22. The zero-order chi connectivity index (χ0) is 10.2. The minimum absolute atomic E-state index is 0.102. The summed E-state index contributed by atoms with van der Waals surface area (Å²) in [6, 6.07) is 2.70. The van der Waals surface area contributed by atoms with E-state index < -0.39 is 10.1 Å². The van der Waals surface area contributed by atoms with Crippen molar-refractivity contribution in [2.24, 2.45) is 0 Å². The van der Waals surface area contributed by atoms with Gasteiger partial charge in [-0.15, -0.1) is 0 Å². The smallest absolute Gasteiger partial charge is 0.294 e. The number of hydrogen-bond acceptors (Lipinski definition) is 3. The molecule has 72 valence electrons. The summed E-state index contributed by atoms with van der Waals surface area (Å²) in [5, 5.41) is 9.37. The van der Waals surface area contributed by atoms with Crippen LogP contribution in [0.1, 0.15) is 11.1 Å². The summed E-state index contributed by atoms with van der Waals surface area (Å²) >= 11 is 0. The zero-order valence-corrected chi connectivity index (χ0v) is 8.09. The number of aromatic hydroxyl groups is 1. The molecular weight excluding hydrogens is 192 g/mol. The van der Waals surface area contributed by atoms with Gasteiger partial charge in [0.2, 0.25) is 0 Å². The molecule has 0 atom stereocenters. The van der Waals surface area contributed by atoms with Crippen molar-refractivity contribution < 1.29 is 18.1 Å². The highest BCUT2D eigenvalue weighted by Crippen LogP contribution is 2.27.